The molecule has 1 aromatic rings. The van der Waals surface area contributed by atoms with Gasteiger partial charge in [-0.05, 0) is 24.6 Å². The first kappa shape index (κ1) is 8.85. The lowest BCUT2D eigenvalue weighted by Crippen LogP contribution is -2.30. The summed E-state index contributed by atoms with van der Waals surface area (Å²) in [5.41, 5.74) is 5.51. The largest absolute Gasteiger partial charge is 0.454 e. The van der Waals surface area contributed by atoms with Crippen LogP contribution in [-0.4, -0.2) is 6.79 Å². The SMILES string of the molecule is CC(N)(C#N)c1ccc2c(c1)OCO2. The van der Waals surface area contributed by atoms with Gasteiger partial charge in [-0.2, -0.15) is 5.26 Å². The summed E-state index contributed by atoms with van der Waals surface area (Å²) in [7, 11) is 0. The molecule has 14 heavy (non-hydrogen) atoms. The standard InChI is InChI=1S/C10H10N2O2/c1-10(12,5-11)7-2-3-8-9(4-7)14-6-13-8/h2-4H,6,12H2,1H3. The molecule has 1 heterocycles. The van der Waals surface area contributed by atoms with Crippen molar-refractivity contribution >= 4 is 0 Å². The molecule has 0 spiro atoms. The van der Waals surface area contributed by atoms with Crippen LogP contribution in [0.5, 0.6) is 11.5 Å². The van der Waals surface area contributed by atoms with E-state index in [-0.39, 0.29) is 6.79 Å². The first-order valence-corrected chi connectivity index (χ1v) is 4.24. The molecule has 4 nitrogen and oxygen atoms in total. The van der Waals surface area contributed by atoms with Gasteiger partial charge in [-0.3, -0.25) is 0 Å². The molecule has 1 atom stereocenters. The van der Waals surface area contributed by atoms with Crippen LogP contribution in [0.3, 0.4) is 0 Å². The predicted octanol–water partition coefficient (Wildman–Crippen LogP) is 1.11. The number of hydrogen-bond donors (Lipinski definition) is 1. The van der Waals surface area contributed by atoms with Gasteiger partial charge in [0.2, 0.25) is 6.79 Å². The van der Waals surface area contributed by atoms with E-state index in [1.807, 2.05) is 6.07 Å². The van der Waals surface area contributed by atoms with Crippen molar-refractivity contribution in [1.29, 1.82) is 5.26 Å². The van der Waals surface area contributed by atoms with Gasteiger partial charge < -0.3 is 15.2 Å². The Bertz CT molecular complexity index is 407. The summed E-state index contributed by atoms with van der Waals surface area (Å²) < 4.78 is 10.3. The van der Waals surface area contributed by atoms with Crippen molar-refractivity contribution in [2.75, 3.05) is 6.79 Å². The Morgan fingerprint density at radius 1 is 1.43 bits per heavy atom. The molecule has 0 bridgehead atoms. The zero-order valence-electron chi connectivity index (χ0n) is 7.78. The number of nitrogens with zero attached hydrogens (tertiary/aromatic N) is 1. The molecule has 1 unspecified atom stereocenters. The van der Waals surface area contributed by atoms with Gasteiger partial charge in [-0.1, -0.05) is 6.07 Å². The quantitative estimate of drug-likeness (QED) is 0.720. The van der Waals surface area contributed by atoms with Crippen LogP contribution in [0.2, 0.25) is 0 Å². The second kappa shape index (κ2) is 2.89. The van der Waals surface area contributed by atoms with Crippen LogP contribution in [0, 0.1) is 11.3 Å². The van der Waals surface area contributed by atoms with Crippen molar-refractivity contribution in [3.05, 3.63) is 23.8 Å². The molecule has 1 aromatic carbocycles. The van der Waals surface area contributed by atoms with Gasteiger partial charge in [0.25, 0.3) is 0 Å². The minimum Gasteiger partial charge on any atom is -0.454 e. The molecule has 0 aliphatic carbocycles. The van der Waals surface area contributed by atoms with Gasteiger partial charge in [-0.25, -0.2) is 0 Å². The van der Waals surface area contributed by atoms with Crippen molar-refractivity contribution in [2.24, 2.45) is 5.73 Å². The van der Waals surface area contributed by atoms with E-state index >= 15 is 0 Å². The van der Waals surface area contributed by atoms with Gasteiger partial charge in [0, 0.05) is 0 Å². The fourth-order valence-corrected chi connectivity index (χ4v) is 1.28. The van der Waals surface area contributed by atoms with Crippen LogP contribution in [-0.2, 0) is 5.54 Å². The van der Waals surface area contributed by atoms with Crippen LogP contribution >= 0.6 is 0 Å². The van der Waals surface area contributed by atoms with Crippen LogP contribution in [0.4, 0.5) is 0 Å². The summed E-state index contributed by atoms with van der Waals surface area (Å²) in [5.74, 6) is 1.34. The first-order chi connectivity index (χ1) is 6.63. The van der Waals surface area contributed by atoms with E-state index in [9.17, 15) is 0 Å². The van der Waals surface area contributed by atoms with Crippen molar-refractivity contribution in [3.63, 3.8) is 0 Å². The van der Waals surface area contributed by atoms with Crippen LogP contribution in [0.25, 0.3) is 0 Å². The monoisotopic (exact) mass is 190 g/mol. The molecule has 1 aliphatic rings. The van der Waals surface area contributed by atoms with E-state index in [0.29, 0.717) is 11.5 Å². The van der Waals surface area contributed by atoms with E-state index < -0.39 is 5.54 Å². The Labute approximate surface area is 81.8 Å². The summed E-state index contributed by atoms with van der Waals surface area (Å²) >= 11 is 0. The molecule has 2 rings (SSSR count). The molecule has 0 amide bonds. The maximum atomic E-state index is 8.85. The number of rotatable bonds is 1. The molecule has 0 fully saturated rings. The maximum absolute atomic E-state index is 8.85. The lowest BCUT2D eigenvalue weighted by atomic mass is 9.95. The molecule has 72 valence electrons. The molecular weight excluding hydrogens is 180 g/mol. The average molecular weight is 190 g/mol. The molecule has 2 N–H and O–H groups in total. The molecule has 1 aliphatic heterocycles. The zero-order chi connectivity index (χ0) is 10.2. The number of ether oxygens (including phenoxy) is 2. The van der Waals surface area contributed by atoms with Crippen LogP contribution in [0.15, 0.2) is 18.2 Å². The Morgan fingerprint density at radius 2 is 2.14 bits per heavy atom. The molecule has 0 radical (unpaired) electrons. The van der Waals surface area contributed by atoms with E-state index in [4.69, 9.17) is 20.5 Å². The summed E-state index contributed by atoms with van der Waals surface area (Å²) in [6.07, 6.45) is 0. The highest BCUT2D eigenvalue weighted by Crippen LogP contribution is 2.34. The third-order valence-corrected chi connectivity index (χ3v) is 2.20. The Hall–Kier alpha value is -1.73. The van der Waals surface area contributed by atoms with Crippen molar-refractivity contribution in [1.82, 2.24) is 0 Å². The van der Waals surface area contributed by atoms with Gasteiger partial charge in [0.1, 0.15) is 5.54 Å². The van der Waals surface area contributed by atoms with E-state index in [1.54, 1.807) is 25.1 Å². The smallest absolute Gasteiger partial charge is 0.231 e. The number of hydrogen-bond acceptors (Lipinski definition) is 4. The fourth-order valence-electron chi connectivity index (χ4n) is 1.28. The van der Waals surface area contributed by atoms with E-state index in [0.717, 1.165) is 5.56 Å². The fraction of sp³-hybridized carbons (Fsp3) is 0.300. The number of benzene rings is 1. The second-order valence-corrected chi connectivity index (χ2v) is 3.38. The molecular formula is C10H10N2O2. The molecule has 4 heteroatoms. The Kier molecular flexibility index (Phi) is 1.83. The van der Waals surface area contributed by atoms with Crippen molar-refractivity contribution in [2.45, 2.75) is 12.5 Å². The summed E-state index contributed by atoms with van der Waals surface area (Å²) in [5, 5.41) is 8.85. The zero-order valence-corrected chi connectivity index (χ0v) is 7.78. The predicted molar refractivity (Wildman–Crippen MR) is 49.7 cm³/mol. The van der Waals surface area contributed by atoms with Gasteiger partial charge in [0.05, 0.1) is 6.07 Å². The third kappa shape index (κ3) is 1.28. The minimum atomic E-state index is -0.985. The number of nitriles is 1. The van der Waals surface area contributed by atoms with Gasteiger partial charge in [0.15, 0.2) is 11.5 Å². The highest BCUT2D eigenvalue weighted by Gasteiger charge is 2.23. The summed E-state index contributed by atoms with van der Waals surface area (Å²) in [6.45, 7) is 1.89. The van der Waals surface area contributed by atoms with E-state index in [2.05, 4.69) is 0 Å². The highest BCUT2D eigenvalue weighted by molar-refractivity contribution is 5.47. The number of nitrogens with two attached hydrogens (primary N) is 1. The van der Waals surface area contributed by atoms with E-state index in [1.165, 1.54) is 0 Å². The third-order valence-electron chi connectivity index (χ3n) is 2.20. The highest BCUT2D eigenvalue weighted by atomic mass is 16.7. The lowest BCUT2D eigenvalue weighted by molar-refractivity contribution is 0.174. The number of fused-ring (bicyclic) bond motifs is 1. The molecule has 0 saturated heterocycles. The Morgan fingerprint density at radius 3 is 2.86 bits per heavy atom. The molecule has 0 aromatic heterocycles. The minimum absolute atomic E-state index is 0.229. The average Bonchev–Trinajstić information content (AvgIpc) is 2.64. The summed E-state index contributed by atoms with van der Waals surface area (Å²) in [6, 6.07) is 7.31. The normalized spacial score (nSPS) is 17.2. The first-order valence-electron chi connectivity index (χ1n) is 4.24. The summed E-state index contributed by atoms with van der Waals surface area (Å²) in [4.78, 5) is 0. The van der Waals surface area contributed by atoms with Gasteiger partial charge >= 0.3 is 0 Å². The van der Waals surface area contributed by atoms with Crippen molar-refractivity contribution in [3.8, 4) is 17.6 Å². The van der Waals surface area contributed by atoms with Crippen molar-refractivity contribution < 1.29 is 9.47 Å². The van der Waals surface area contributed by atoms with Crippen LogP contribution in [0.1, 0.15) is 12.5 Å². The maximum Gasteiger partial charge on any atom is 0.231 e. The topological polar surface area (TPSA) is 68.3 Å². The molecule has 0 saturated carbocycles. The van der Waals surface area contributed by atoms with Crippen LogP contribution < -0.4 is 15.2 Å². The van der Waals surface area contributed by atoms with Gasteiger partial charge in [-0.15, -0.1) is 0 Å². The lowest BCUT2D eigenvalue weighted by Gasteiger charge is -2.15. The second-order valence-electron chi connectivity index (χ2n) is 3.38. The Balaban J connectivity index is 2.44.